The predicted octanol–water partition coefficient (Wildman–Crippen LogP) is 1.87. The van der Waals surface area contributed by atoms with Gasteiger partial charge in [-0.25, -0.2) is 4.98 Å². The quantitative estimate of drug-likeness (QED) is 0.890. The molecule has 1 amide bonds. The van der Waals surface area contributed by atoms with Crippen LogP contribution < -0.4 is 5.32 Å². The fraction of sp³-hybridized carbons (Fsp3) is 0.375. The van der Waals surface area contributed by atoms with Crippen LogP contribution in [0.15, 0.2) is 36.8 Å². The van der Waals surface area contributed by atoms with Crippen LogP contribution in [0.25, 0.3) is 0 Å². The molecule has 4 heteroatoms. The van der Waals surface area contributed by atoms with Gasteiger partial charge in [0, 0.05) is 18.4 Å². The third-order valence-corrected chi connectivity index (χ3v) is 3.97. The zero-order valence-electron chi connectivity index (χ0n) is 11.6. The summed E-state index contributed by atoms with van der Waals surface area (Å²) in [5.41, 5.74) is 3.81. The van der Waals surface area contributed by atoms with Crippen LogP contribution in [0.1, 0.15) is 23.7 Å². The highest BCUT2D eigenvalue weighted by Gasteiger charge is 2.32. The van der Waals surface area contributed by atoms with Gasteiger partial charge in [-0.05, 0) is 29.4 Å². The first-order valence-electron chi connectivity index (χ1n) is 6.95. The molecule has 0 atom stereocenters. The lowest BCUT2D eigenvalue weighted by Crippen LogP contribution is -2.37. The zero-order valence-corrected chi connectivity index (χ0v) is 11.6. The van der Waals surface area contributed by atoms with Crippen molar-refractivity contribution in [3.05, 3.63) is 53.6 Å². The molecule has 3 rings (SSSR count). The van der Waals surface area contributed by atoms with E-state index < -0.39 is 0 Å². The lowest BCUT2D eigenvalue weighted by atomic mass is 9.87. The molecule has 0 aliphatic heterocycles. The van der Waals surface area contributed by atoms with E-state index in [9.17, 15) is 4.79 Å². The van der Waals surface area contributed by atoms with Crippen LogP contribution in [0.3, 0.4) is 0 Å². The Balaban J connectivity index is 1.55. The van der Waals surface area contributed by atoms with Crippen LogP contribution in [-0.2, 0) is 24.1 Å². The molecule has 104 valence electrons. The first-order valence-corrected chi connectivity index (χ1v) is 6.95. The average molecular weight is 269 g/mol. The van der Waals surface area contributed by atoms with Crippen LogP contribution in [0, 0.1) is 5.41 Å². The lowest BCUT2D eigenvalue weighted by Gasteiger charge is -2.23. The van der Waals surface area contributed by atoms with E-state index in [0.717, 1.165) is 18.5 Å². The molecule has 4 nitrogen and oxygen atoms in total. The Labute approximate surface area is 118 Å². The molecule has 1 aromatic carbocycles. The summed E-state index contributed by atoms with van der Waals surface area (Å²) in [6.45, 7) is 2.96. The Hall–Kier alpha value is -2.10. The summed E-state index contributed by atoms with van der Waals surface area (Å²) in [4.78, 5) is 18.8. The highest BCUT2D eigenvalue weighted by molar-refractivity contribution is 5.78. The molecular formula is C16H19N3O. The molecule has 2 N–H and O–H groups in total. The third kappa shape index (κ3) is 2.74. The standard InChI is InChI=1S/C16H19N3O/c1-16(7-12-4-2-3-5-13(12)8-16)10-18-15(20)6-14-9-17-11-19-14/h2-5,9,11H,6-8,10H2,1H3,(H,17,19)(H,18,20). The molecule has 20 heavy (non-hydrogen) atoms. The van der Waals surface area contributed by atoms with Crippen molar-refractivity contribution < 1.29 is 4.79 Å². The number of carbonyl (C=O) groups is 1. The van der Waals surface area contributed by atoms with Gasteiger partial charge in [0.25, 0.3) is 0 Å². The van der Waals surface area contributed by atoms with E-state index in [1.807, 2.05) is 0 Å². The Morgan fingerprint density at radius 1 is 1.35 bits per heavy atom. The van der Waals surface area contributed by atoms with Gasteiger partial charge in [0.15, 0.2) is 0 Å². The number of aromatic nitrogens is 2. The number of amides is 1. The maximum absolute atomic E-state index is 11.9. The Morgan fingerprint density at radius 2 is 2.05 bits per heavy atom. The van der Waals surface area contributed by atoms with Gasteiger partial charge in [0.05, 0.1) is 12.7 Å². The van der Waals surface area contributed by atoms with E-state index in [1.54, 1.807) is 12.5 Å². The van der Waals surface area contributed by atoms with Crippen LogP contribution >= 0.6 is 0 Å². The number of nitrogens with one attached hydrogen (secondary N) is 2. The molecule has 0 fully saturated rings. The molecule has 1 heterocycles. The number of rotatable bonds is 4. The van der Waals surface area contributed by atoms with Gasteiger partial charge in [0.2, 0.25) is 5.91 Å². The minimum Gasteiger partial charge on any atom is -0.355 e. The van der Waals surface area contributed by atoms with Crippen LogP contribution in [0.5, 0.6) is 0 Å². The van der Waals surface area contributed by atoms with Crippen molar-refractivity contribution in [2.24, 2.45) is 5.41 Å². The fourth-order valence-electron chi connectivity index (χ4n) is 2.94. The van der Waals surface area contributed by atoms with Gasteiger partial charge in [0.1, 0.15) is 0 Å². The summed E-state index contributed by atoms with van der Waals surface area (Å²) in [7, 11) is 0. The molecule has 0 radical (unpaired) electrons. The smallest absolute Gasteiger partial charge is 0.226 e. The van der Waals surface area contributed by atoms with Crippen LogP contribution in [-0.4, -0.2) is 22.4 Å². The van der Waals surface area contributed by atoms with Gasteiger partial charge in [-0.1, -0.05) is 31.2 Å². The number of imidazole rings is 1. The second kappa shape index (κ2) is 5.12. The monoisotopic (exact) mass is 269 g/mol. The van der Waals surface area contributed by atoms with Crippen molar-refractivity contribution in [3.8, 4) is 0 Å². The van der Waals surface area contributed by atoms with Crippen LogP contribution in [0.2, 0.25) is 0 Å². The van der Waals surface area contributed by atoms with E-state index in [-0.39, 0.29) is 11.3 Å². The van der Waals surface area contributed by atoms with E-state index in [2.05, 4.69) is 46.5 Å². The lowest BCUT2D eigenvalue weighted by molar-refractivity contribution is -0.120. The number of nitrogens with zero attached hydrogens (tertiary/aromatic N) is 1. The molecule has 1 aromatic heterocycles. The summed E-state index contributed by atoms with van der Waals surface area (Å²) in [6, 6.07) is 8.54. The van der Waals surface area contributed by atoms with E-state index in [0.29, 0.717) is 13.0 Å². The fourth-order valence-corrected chi connectivity index (χ4v) is 2.94. The number of carbonyl (C=O) groups excluding carboxylic acids is 1. The molecule has 0 saturated carbocycles. The maximum atomic E-state index is 11.9. The van der Waals surface area contributed by atoms with Crippen molar-refractivity contribution in [2.75, 3.05) is 6.54 Å². The SMILES string of the molecule is CC1(CNC(=O)Cc2cnc[nH]2)Cc2ccccc2C1. The largest absolute Gasteiger partial charge is 0.355 e. The summed E-state index contributed by atoms with van der Waals surface area (Å²) in [6.07, 6.45) is 5.72. The van der Waals surface area contributed by atoms with Crippen molar-refractivity contribution >= 4 is 5.91 Å². The van der Waals surface area contributed by atoms with E-state index in [4.69, 9.17) is 0 Å². The summed E-state index contributed by atoms with van der Waals surface area (Å²) in [5.74, 6) is 0.0476. The minimum atomic E-state index is 0.0476. The highest BCUT2D eigenvalue weighted by atomic mass is 16.1. The first kappa shape index (κ1) is 12.9. The molecule has 1 aliphatic rings. The Kier molecular flexibility index (Phi) is 3.30. The summed E-state index contributed by atoms with van der Waals surface area (Å²) >= 11 is 0. The average Bonchev–Trinajstić information content (AvgIpc) is 3.03. The molecular weight excluding hydrogens is 250 g/mol. The van der Waals surface area contributed by atoms with E-state index >= 15 is 0 Å². The van der Waals surface area contributed by atoms with Gasteiger partial charge >= 0.3 is 0 Å². The Morgan fingerprint density at radius 3 is 2.65 bits per heavy atom. The normalized spacial score (nSPS) is 15.8. The number of benzene rings is 1. The minimum absolute atomic E-state index is 0.0476. The van der Waals surface area contributed by atoms with Crippen molar-refractivity contribution in [1.82, 2.24) is 15.3 Å². The highest BCUT2D eigenvalue weighted by Crippen LogP contribution is 2.35. The second-order valence-corrected chi connectivity index (χ2v) is 5.96. The van der Waals surface area contributed by atoms with Gasteiger partial charge < -0.3 is 10.3 Å². The molecule has 0 spiro atoms. The van der Waals surface area contributed by atoms with E-state index in [1.165, 1.54) is 11.1 Å². The number of H-pyrrole nitrogens is 1. The summed E-state index contributed by atoms with van der Waals surface area (Å²) < 4.78 is 0. The maximum Gasteiger partial charge on any atom is 0.226 e. The molecule has 0 saturated heterocycles. The summed E-state index contributed by atoms with van der Waals surface area (Å²) in [5, 5.41) is 3.05. The third-order valence-electron chi connectivity index (χ3n) is 3.97. The van der Waals surface area contributed by atoms with Crippen molar-refractivity contribution in [3.63, 3.8) is 0 Å². The van der Waals surface area contributed by atoms with Gasteiger partial charge in [-0.2, -0.15) is 0 Å². The number of hydrogen-bond acceptors (Lipinski definition) is 2. The topological polar surface area (TPSA) is 57.8 Å². The van der Waals surface area contributed by atoms with Crippen molar-refractivity contribution in [1.29, 1.82) is 0 Å². The molecule has 2 aromatic rings. The molecule has 0 bridgehead atoms. The number of hydrogen-bond donors (Lipinski definition) is 2. The van der Waals surface area contributed by atoms with Gasteiger partial charge in [-0.15, -0.1) is 0 Å². The Bertz CT molecular complexity index is 579. The number of aromatic amines is 1. The van der Waals surface area contributed by atoms with Crippen molar-refractivity contribution in [2.45, 2.75) is 26.2 Å². The molecule has 0 unspecified atom stereocenters. The van der Waals surface area contributed by atoms with Gasteiger partial charge in [-0.3, -0.25) is 4.79 Å². The van der Waals surface area contributed by atoms with Crippen LogP contribution in [0.4, 0.5) is 0 Å². The number of fused-ring (bicyclic) bond motifs is 1. The second-order valence-electron chi connectivity index (χ2n) is 5.96. The zero-order chi connectivity index (χ0) is 14.0. The molecule has 1 aliphatic carbocycles. The first-order chi connectivity index (χ1) is 9.65. The predicted molar refractivity (Wildman–Crippen MR) is 77.3 cm³/mol.